The molecule has 0 amide bonds. The van der Waals surface area contributed by atoms with E-state index in [4.69, 9.17) is 16.3 Å². The van der Waals surface area contributed by atoms with Gasteiger partial charge in [0.15, 0.2) is 0 Å². The Hall–Kier alpha value is -1.63. The minimum atomic E-state index is -0.584. The zero-order valence-corrected chi connectivity index (χ0v) is 16.1. The van der Waals surface area contributed by atoms with Crippen LogP contribution in [0.2, 0.25) is 5.02 Å². The van der Waals surface area contributed by atoms with Crippen molar-refractivity contribution in [2.45, 2.75) is 13.3 Å². The summed E-state index contributed by atoms with van der Waals surface area (Å²) in [7, 11) is 1.29. The molecule has 0 bridgehead atoms. The van der Waals surface area contributed by atoms with Gasteiger partial charge in [-0.15, -0.1) is 11.3 Å². The minimum Gasteiger partial charge on any atom is -0.464 e. The second kappa shape index (κ2) is 6.70. The quantitative estimate of drug-likeness (QED) is 0.598. The lowest BCUT2D eigenvalue weighted by Gasteiger charge is -2.11. The topological polar surface area (TPSA) is 59.2 Å². The van der Waals surface area contributed by atoms with E-state index in [9.17, 15) is 9.59 Å². The average molecular weight is 427 g/mol. The van der Waals surface area contributed by atoms with E-state index in [0.29, 0.717) is 20.7 Å². The summed E-state index contributed by atoms with van der Waals surface area (Å²) in [5, 5.41) is 1.38. The number of benzene rings is 1. The molecule has 0 aliphatic heterocycles. The Morgan fingerprint density at radius 1 is 1.38 bits per heavy atom. The molecule has 0 radical (unpaired) electrons. The zero-order chi connectivity index (χ0) is 17.4. The fourth-order valence-corrected chi connectivity index (χ4v) is 4.39. The molecule has 7 heteroatoms. The van der Waals surface area contributed by atoms with Crippen LogP contribution in [0.15, 0.2) is 32.8 Å². The lowest BCUT2D eigenvalue weighted by molar-refractivity contribution is 0.0595. The van der Waals surface area contributed by atoms with Gasteiger partial charge in [-0.05, 0) is 51.7 Å². The van der Waals surface area contributed by atoms with Gasteiger partial charge in [-0.25, -0.2) is 4.79 Å². The maximum atomic E-state index is 12.3. The van der Waals surface area contributed by atoms with Crippen LogP contribution < -0.4 is 5.56 Å². The average Bonchev–Trinajstić information content (AvgIpc) is 2.96. The highest BCUT2D eigenvalue weighted by atomic mass is 79.9. The zero-order valence-electron chi connectivity index (χ0n) is 12.9. The van der Waals surface area contributed by atoms with E-state index < -0.39 is 5.97 Å². The minimum absolute atomic E-state index is 0.143. The van der Waals surface area contributed by atoms with Crippen molar-refractivity contribution in [3.63, 3.8) is 0 Å². The Kier molecular flexibility index (Phi) is 4.80. The molecule has 0 saturated heterocycles. The SMILES string of the molecule is CCc1cc(-c2c(C(=O)OC)[nH]c(=O)c3sc(Br)cc23)ccc1Cl. The molecule has 24 heavy (non-hydrogen) atoms. The Balaban J connectivity index is 2.42. The summed E-state index contributed by atoms with van der Waals surface area (Å²) in [6, 6.07) is 7.42. The standard InChI is InChI=1S/C17H13BrClNO3S/c1-3-8-6-9(4-5-11(8)19)13-10-7-12(18)24-15(10)16(21)20-14(13)17(22)23-2/h4-7H,3H2,1-2H3,(H,20,21). The van der Waals surface area contributed by atoms with Gasteiger partial charge in [0.05, 0.1) is 10.9 Å². The van der Waals surface area contributed by atoms with Gasteiger partial charge in [-0.1, -0.05) is 24.6 Å². The number of fused-ring (bicyclic) bond motifs is 1. The number of aromatic amines is 1. The Labute approximate surface area is 155 Å². The van der Waals surface area contributed by atoms with Gasteiger partial charge in [-0.2, -0.15) is 0 Å². The maximum Gasteiger partial charge on any atom is 0.355 e. The molecular formula is C17H13BrClNO3S. The highest BCUT2D eigenvalue weighted by Gasteiger charge is 2.21. The van der Waals surface area contributed by atoms with Gasteiger partial charge >= 0.3 is 5.97 Å². The molecule has 4 nitrogen and oxygen atoms in total. The molecule has 3 rings (SSSR count). The van der Waals surface area contributed by atoms with Crippen LogP contribution in [-0.2, 0) is 11.2 Å². The van der Waals surface area contributed by atoms with Gasteiger partial charge in [0.25, 0.3) is 5.56 Å². The first kappa shape index (κ1) is 17.2. The largest absolute Gasteiger partial charge is 0.464 e. The molecule has 0 fully saturated rings. The Morgan fingerprint density at radius 3 is 2.79 bits per heavy atom. The van der Waals surface area contributed by atoms with Crippen molar-refractivity contribution in [3.8, 4) is 11.1 Å². The van der Waals surface area contributed by atoms with E-state index in [0.717, 1.165) is 21.3 Å². The molecule has 0 atom stereocenters. The van der Waals surface area contributed by atoms with E-state index in [2.05, 4.69) is 20.9 Å². The van der Waals surface area contributed by atoms with Crippen molar-refractivity contribution < 1.29 is 9.53 Å². The van der Waals surface area contributed by atoms with Crippen LogP contribution in [0.4, 0.5) is 0 Å². The van der Waals surface area contributed by atoms with Crippen molar-refractivity contribution in [1.29, 1.82) is 0 Å². The van der Waals surface area contributed by atoms with Crippen LogP contribution in [0.25, 0.3) is 21.2 Å². The van der Waals surface area contributed by atoms with Crippen LogP contribution in [-0.4, -0.2) is 18.1 Å². The van der Waals surface area contributed by atoms with Crippen molar-refractivity contribution in [2.75, 3.05) is 7.11 Å². The summed E-state index contributed by atoms with van der Waals surface area (Å²) in [4.78, 5) is 27.2. The Morgan fingerprint density at radius 2 is 2.12 bits per heavy atom. The number of aromatic nitrogens is 1. The van der Waals surface area contributed by atoms with Crippen LogP contribution in [0.5, 0.6) is 0 Å². The molecule has 0 unspecified atom stereocenters. The molecule has 2 aromatic heterocycles. The number of halogens is 2. The summed E-state index contributed by atoms with van der Waals surface area (Å²) in [5.74, 6) is -0.584. The van der Waals surface area contributed by atoms with Gasteiger partial charge in [0.2, 0.25) is 0 Å². The first-order valence-electron chi connectivity index (χ1n) is 7.18. The van der Waals surface area contributed by atoms with Crippen LogP contribution in [0.1, 0.15) is 23.0 Å². The number of thiophene rings is 1. The summed E-state index contributed by atoms with van der Waals surface area (Å²) in [6.07, 6.45) is 0.764. The number of H-pyrrole nitrogens is 1. The van der Waals surface area contributed by atoms with E-state index in [1.807, 2.05) is 25.1 Å². The Bertz CT molecular complexity index is 1010. The van der Waals surface area contributed by atoms with Gasteiger partial charge in [0, 0.05) is 16.0 Å². The molecule has 0 aliphatic carbocycles. The molecule has 0 saturated carbocycles. The third-order valence-corrected chi connectivity index (χ3v) is 5.78. The van der Waals surface area contributed by atoms with Crippen LogP contribution in [0, 0.1) is 0 Å². The summed E-state index contributed by atoms with van der Waals surface area (Å²) in [5.41, 5.74) is 2.26. The summed E-state index contributed by atoms with van der Waals surface area (Å²) < 4.78 is 6.21. The van der Waals surface area contributed by atoms with Crippen LogP contribution in [0.3, 0.4) is 0 Å². The number of ether oxygens (including phenoxy) is 1. The predicted octanol–water partition coefficient (Wildman–Crippen LogP) is 5.02. The molecule has 0 aliphatic rings. The van der Waals surface area contributed by atoms with Crippen LogP contribution >= 0.6 is 38.9 Å². The lowest BCUT2D eigenvalue weighted by Crippen LogP contribution is -2.15. The van der Waals surface area contributed by atoms with Crippen molar-refractivity contribution >= 4 is 54.9 Å². The molecule has 1 aromatic carbocycles. The number of methoxy groups -OCH3 is 1. The highest BCUT2D eigenvalue weighted by Crippen LogP contribution is 2.37. The second-order valence-corrected chi connectivity index (χ2v) is 7.99. The molecule has 2 heterocycles. The van der Waals surface area contributed by atoms with E-state index in [1.54, 1.807) is 6.07 Å². The fourth-order valence-electron chi connectivity index (χ4n) is 2.64. The number of carbonyl (C=O) groups is 1. The number of nitrogens with one attached hydrogen (secondary N) is 1. The predicted molar refractivity (Wildman–Crippen MR) is 101 cm³/mol. The number of hydrogen-bond acceptors (Lipinski definition) is 4. The number of esters is 1. The van der Waals surface area contributed by atoms with Crippen molar-refractivity contribution in [1.82, 2.24) is 4.98 Å². The van der Waals surface area contributed by atoms with Crippen molar-refractivity contribution in [2.24, 2.45) is 0 Å². The normalized spacial score (nSPS) is 11.0. The summed E-state index contributed by atoms with van der Waals surface area (Å²) >= 11 is 10.9. The van der Waals surface area contributed by atoms with E-state index in [-0.39, 0.29) is 11.3 Å². The van der Waals surface area contributed by atoms with E-state index in [1.165, 1.54) is 18.4 Å². The van der Waals surface area contributed by atoms with Gasteiger partial charge in [-0.3, -0.25) is 4.79 Å². The third-order valence-electron chi connectivity index (χ3n) is 3.77. The van der Waals surface area contributed by atoms with Gasteiger partial charge in [0.1, 0.15) is 10.4 Å². The molecule has 3 aromatic rings. The fraction of sp³-hybridized carbons (Fsp3) is 0.176. The number of aryl methyl sites for hydroxylation is 1. The first-order valence-corrected chi connectivity index (χ1v) is 9.17. The molecule has 124 valence electrons. The molecule has 1 N–H and O–H groups in total. The van der Waals surface area contributed by atoms with E-state index >= 15 is 0 Å². The lowest BCUT2D eigenvalue weighted by atomic mass is 9.98. The molecule has 0 spiro atoms. The van der Waals surface area contributed by atoms with Crippen molar-refractivity contribution in [3.05, 3.63) is 54.7 Å². The highest BCUT2D eigenvalue weighted by molar-refractivity contribution is 9.11. The first-order chi connectivity index (χ1) is 11.5. The number of pyridine rings is 1. The number of hydrogen-bond donors (Lipinski definition) is 1. The number of rotatable bonds is 3. The summed E-state index contributed by atoms with van der Waals surface area (Å²) in [6.45, 7) is 2.01. The third kappa shape index (κ3) is 2.90. The van der Waals surface area contributed by atoms with Gasteiger partial charge < -0.3 is 9.72 Å². The molecular weight excluding hydrogens is 414 g/mol. The monoisotopic (exact) mass is 425 g/mol. The maximum absolute atomic E-state index is 12.3. The number of carbonyl (C=O) groups excluding carboxylic acids is 1. The second-order valence-electron chi connectivity index (χ2n) is 5.15. The smallest absolute Gasteiger partial charge is 0.355 e.